The normalized spacial score (nSPS) is 19.7. The van der Waals surface area contributed by atoms with Crippen molar-refractivity contribution in [3.8, 4) is 5.75 Å². The van der Waals surface area contributed by atoms with Gasteiger partial charge in [0.2, 0.25) is 0 Å². The van der Waals surface area contributed by atoms with E-state index in [9.17, 15) is 18.0 Å². The lowest BCUT2D eigenvalue weighted by Gasteiger charge is -2.16. The fourth-order valence-corrected chi connectivity index (χ4v) is 2.24. The van der Waals surface area contributed by atoms with Gasteiger partial charge in [0.15, 0.2) is 0 Å². The van der Waals surface area contributed by atoms with E-state index in [1.54, 1.807) is 0 Å². The summed E-state index contributed by atoms with van der Waals surface area (Å²) >= 11 is 0. The predicted octanol–water partition coefficient (Wildman–Crippen LogP) is 2.46. The Balaban J connectivity index is 1.93. The van der Waals surface area contributed by atoms with Gasteiger partial charge in [-0.2, -0.15) is 0 Å². The lowest BCUT2D eigenvalue weighted by atomic mass is 10.1. The molecular weight excluding hydrogens is 285 g/mol. The van der Waals surface area contributed by atoms with E-state index < -0.39 is 6.36 Å². The molecule has 1 aromatic rings. The molecule has 0 aliphatic carbocycles. The molecule has 116 valence electrons. The lowest BCUT2D eigenvalue weighted by molar-refractivity contribution is -0.274. The van der Waals surface area contributed by atoms with Gasteiger partial charge in [-0.25, -0.2) is 0 Å². The van der Waals surface area contributed by atoms with E-state index >= 15 is 0 Å². The molecule has 0 radical (unpaired) electrons. The van der Waals surface area contributed by atoms with Crippen molar-refractivity contribution in [3.05, 3.63) is 29.8 Å². The third-order valence-electron chi connectivity index (χ3n) is 3.26. The van der Waals surface area contributed by atoms with Crippen LogP contribution in [-0.2, 0) is 0 Å². The minimum absolute atomic E-state index is 0.0959. The summed E-state index contributed by atoms with van der Waals surface area (Å²) in [5, 5.41) is 6.15. The van der Waals surface area contributed by atoms with Crippen LogP contribution in [0.1, 0.15) is 29.6 Å². The Hall–Kier alpha value is -1.76. The first-order valence-corrected chi connectivity index (χ1v) is 6.81. The van der Waals surface area contributed by atoms with E-state index in [1.807, 2.05) is 0 Å². The first kappa shape index (κ1) is 15.6. The highest BCUT2D eigenvalue weighted by Crippen LogP contribution is 2.22. The van der Waals surface area contributed by atoms with Crippen LogP contribution in [0.2, 0.25) is 0 Å². The van der Waals surface area contributed by atoms with Crippen LogP contribution in [0.5, 0.6) is 5.75 Å². The second kappa shape index (κ2) is 6.80. The number of hydrogen-bond acceptors (Lipinski definition) is 3. The highest BCUT2D eigenvalue weighted by atomic mass is 19.4. The molecule has 1 aliphatic rings. The monoisotopic (exact) mass is 302 g/mol. The molecule has 7 heteroatoms. The fourth-order valence-electron chi connectivity index (χ4n) is 2.24. The van der Waals surface area contributed by atoms with Crippen LogP contribution in [0.4, 0.5) is 13.2 Å². The molecule has 0 saturated carbocycles. The van der Waals surface area contributed by atoms with Gasteiger partial charge >= 0.3 is 6.36 Å². The topological polar surface area (TPSA) is 50.4 Å². The second-order valence-corrected chi connectivity index (χ2v) is 4.92. The van der Waals surface area contributed by atoms with Crippen LogP contribution in [0.15, 0.2) is 24.3 Å². The van der Waals surface area contributed by atoms with Crippen molar-refractivity contribution in [2.75, 3.05) is 13.1 Å². The molecule has 1 saturated heterocycles. The molecule has 1 aliphatic heterocycles. The molecule has 21 heavy (non-hydrogen) atoms. The van der Waals surface area contributed by atoms with Crippen molar-refractivity contribution in [2.24, 2.45) is 0 Å². The van der Waals surface area contributed by atoms with Gasteiger partial charge in [-0.05, 0) is 56.6 Å². The smallest absolute Gasteiger partial charge is 0.406 e. The first-order valence-electron chi connectivity index (χ1n) is 6.81. The number of carbonyl (C=O) groups excluding carboxylic acids is 1. The second-order valence-electron chi connectivity index (χ2n) is 4.92. The third kappa shape index (κ3) is 5.26. The largest absolute Gasteiger partial charge is 0.573 e. The van der Waals surface area contributed by atoms with Crippen molar-refractivity contribution < 1.29 is 22.7 Å². The Morgan fingerprint density at radius 1 is 1.19 bits per heavy atom. The van der Waals surface area contributed by atoms with Crippen LogP contribution in [-0.4, -0.2) is 31.4 Å². The minimum Gasteiger partial charge on any atom is -0.406 e. The summed E-state index contributed by atoms with van der Waals surface area (Å²) in [5.41, 5.74) is 0.321. The number of hydrogen-bond donors (Lipinski definition) is 2. The molecule has 1 fully saturated rings. The Morgan fingerprint density at radius 2 is 1.90 bits per heavy atom. The molecule has 0 bridgehead atoms. The quantitative estimate of drug-likeness (QED) is 0.902. The van der Waals surface area contributed by atoms with E-state index in [2.05, 4.69) is 15.4 Å². The molecular formula is C14H17F3N2O2. The highest BCUT2D eigenvalue weighted by Gasteiger charge is 2.31. The molecule has 2 rings (SSSR count). The van der Waals surface area contributed by atoms with Gasteiger partial charge in [0.25, 0.3) is 5.91 Å². The maximum absolute atomic E-state index is 12.0. The summed E-state index contributed by atoms with van der Waals surface area (Å²) in [6, 6.07) is 5.02. The van der Waals surface area contributed by atoms with Gasteiger partial charge in [-0.3, -0.25) is 4.79 Å². The number of alkyl halides is 3. The average Bonchev–Trinajstić information content (AvgIpc) is 2.66. The van der Waals surface area contributed by atoms with Crippen LogP contribution in [0.25, 0.3) is 0 Å². The number of amides is 1. The van der Waals surface area contributed by atoms with E-state index in [0.717, 1.165) is 44.5 Å². The molecule has 0 aromatic heterocycles. The summed E-state index contributed by atoms with van der Waals surface area (Å²) in [4.78, 5) is 12.0. The molecule has 1 unspecified atom stereocenters. The summed E-state index contributed by atoms with van der Waals surface area (Å²) in [5.74, 6) is -0.613. The fraction of sp³-hybridized carbons (Fsp3) is 0.500. The summed E-state index contributed by atoms with van der Waals surface area (Å²) in [7, 11) is 0. The molecule has 1 heterocycles. The zero-order chi connectivity index (χ0) is 15.3. The van der Waals surface area contributed by atoms with Crippen LogP contribution >= 0.6 is 0 Å². The Kier molecular flexibility index (Phi) is 5.06. The molecule has 2 N–H and O–H groups in total. The van der Waals surface area contributed by atoms with Crippen molar-refractivity contribution in [1.29, 1.82) is 0 Å². The first-order chi connectivity index (χ1) is 9.94. The average molecular weight is 302 g/mol. The zero-order valence-electron chi connectivity index (χ0n) is 11.4. The molecule has 4 nitrogen and oxygen atoms in total. The highest BCUT2D eigenvalue weighted by molar-refractivity contribution is 5.94. The van der Waals surface area contributed by atoms with E-state index in [-0.39, 0.29) is 17.7 Å². The number of halogens is 3. The SMILES string of the molecule is O=C(NC1CCCNCC1)c1ccc(OC(F)(F)F)cc1. The maximum atomic E-state index is 12.0. The summed E-state index contributed by atoms with van der Waals surface area (Å²) in [6.07, 6.45) is -1.99. The predicted molar refractivity (Wildman–Crippen MR) is 71.1 cm³/mol. The van der Waals surface area contributed by atoms with Crippen molar-refractivity contribution in [3.63, 3.8) is 0 Å². The van der Waals surface area contributed by atoms with Gasteiger partial charge in [-0.1, -0.05) is 0 Å². The van der Waals surface area contributed by atoms with Crippen LogP contribution in [0.3, 0.4) is 0 Å². The third-order valence-corrected chi connectivity index (χ3v) is 3.26. The minimum atomic E-state index is -4.73. The van der Waals surface area contributed by atoms with Crippen LogP contribution in [0, 0.1) is 0 Å². The Bertz CT molecular complexity index is 466. The summed E-state index contributed by atoms with van der Waals surface area (Å²) < 4.78 is 39.9. The van der Waals surface area contributed by atoms with Crippen molar-refractivity contribution in [1.82, 2.24) is 10.6 Å². The van der Waals surface area contributed by atoms with Gasteiger partial charge in [0.1, 0.15) is 5.75 Å². The molecule has 1 atom stereocenters. The molecule has 0 spiro atoms. The van der Waals surface area contributed by atoms with Crippen molar-refractivity contribution >= 4 is 5.91 Å². The number of ether oxygens (including phenoxy) is 1. The van der Waals surface area contributed by atoms with E-state index in [4.69, 9.17) is 0 Å². The lowest BCUT2D eigenvalue weighted by Crippen LogP contribution is -2.35. The molecule has 1 amide bonds. The number of carbonyl (C=O) groups is 1. The maximum Gasteiger partial charge on any atom is 0.573 e. The van der Waals surface area contributed by atoms with E-state index in [0.29, 0.717) is 5.56 Å². The number of nitrogens with one attached hydrogen (secondary N) is 2. The van der Waals surface area contributed by atoms with Crippen LogP contribution < -0.4 is 15.4 Å². The zero-order valence-corrected chi connectivity index (χ0v) is 11.4. The van der Waals surface area contributed by atoms with Gasteiger partial charge in [0.05, 0.1) is 0 Å². The number of benzene rings is 1. The summed E-state index contributed by atoms with van der Waals surface area (Å²) in [6.45, 7) is 1.79. The van der Waals surface area contributed by atoms with Gasteiger partial charge < -0.3 is 15.4 Å². The Labute approximate surface area is 120 Å². The Morgan fingerprint density at radius 3 is 2.57 bits per heavy atom. The van der Waals surface area contributed by atoms with Crippen molar-refractivity contribution in [2.45, 2.75) is 31.7 Å². The van der Waals surface area contributed by atoms with Gasteiger partial charge in [-0.15, -0.1) is 13.2 Å². The standard InChI is InChI=1S/C14H17F3N2O2/c15-14(16,17)21-12-5-3-10(4-6-12)13(20)19-11-2-1-8-18-9-7-11/h3-6,11,18H,1-2,7-9H2,(H,19,20). The number of rotatable bonds is 3. The molecule has 1 aromatic carbocycles. The van der Waals surface area contributed by atoms with E-state index in [1.165, 1.54) is 12.1 Å². The van der Waals surface area contributed by atoms with Gasteiger partial charge in [0, 0.05) is 11.6 Å².